The fraction of sp³-hybridized carbons (Fsp3) is 0.577. The van der Waals surface area contributed by atoms with Crippen molar-refractivity contribution in [2.75, 3.05) is 10.6 Å². The Morgan fingerprint density at radius 1 is 0.946 bits per heavy atom. The lowest BCUT2D eigenvalue weighted by Gasteiger charge is -2.30. The maximum Gasteiger partial charge on any atom is 0.315 e. The molecular formula is C26H34N10O. The number of amides is 2. The summed E-state index contributed by atoms with van der Waals surface area (Å²) >= 11 is 0. The molecule has 0 aromatic carbocycles. The van der Waals surface area contributed by atoms with Gasteiger partial charge in [0.1, 0.15) is 5.82 Å². The Morgan fingerprint density at radius 2 is 1.76 bits per heavy atom. The van der Waals surface area contributed by atoms with Gasteiger partial charge in [-0.15, -0.1) is 0 Å². The molecule has 0 saturated heterocycles. The molecule has 4 aliphatic rings. The topological polar surface area (TPSA) is 137 Å². The Bertz CT molecular complexity index is 1240. The van der Waals surface area contributed by atoms with Gasteiger partial charge in [0.15, 0.2) is 5.82 Å². The van der Waals surface area contributed by atoms with E-state index in [0.29, 0.717) is 17.9 Å². The number of rotatable bonds is 8. The molecule has 7 rings (SSSR count). The number of hydrogen-bond donors (Lipinski definition) is 5. The third-order valence-corrected chi connectivity index (χ3v) is 7.98. The molecule has 4 aliphatic carbocycles. The molecule has 0 aliphatic heterocycles. The standard InChI is InChI=1S/C26H34N10O/c37-26(30-19-11-16-14-36(20-7-8-20)35-22(16)12-19)29-18-5-3-17(4-6-18)28-25-27-10-9-23(32-25)31-24-13-21(33-34-24)15-1-2-15/h9-10,13-15,17-20H,1-8,11-12H2,(H2,29,30,37)(H3,27,28,31,32,33,34)/t17-,18-,19?. The van der Waals surface area contributed by atoms with Gasteiger partial charge in [-0.25, -0.2) is 9.78 Å². The first-order valence-corrected chi connectivity index (χ1v) is 13.7. The highest BCUT2D eigenvalue weighted by molar-refractivity contribution is 5.74. The molecule has 37 heavy (non-hydrogen) atoms. The van der Waals surface area contributed by atoms with Crippen LogP contribution in [-0.4, -0.2) is 54.1 Å². The van der Waals surface area contributed by atoms with Crippen molar-refractivity contribution >= 4 is 23.6 Å². The molecular weight excluding hydrogens is 468 g/mol. The molecule has 5 N–H and O–H groups in total. The first-order valence-electron chi connectivity index (χ1n) is 13.7. The Labute approximate surface area is 215 Å². The second-order valence-electron chi connectivity index (χ2n) is 11.1. The Morgan fingerprint density at radius 3 is 2.54 bits per heavy atom. The van der Waals surface area contributed by atoms with E-state index in [0.717, 1.165) is 55.9 Å². The number of carbonyl (C=O) groups is 1. The monoisotopic (exact) mass is 502 g/mol. The summed E-state index contributed by atoms with van der Waals surface area (Å²) in [5, 5.41) is 25.3. The number of nitrogens with one attached hydrogen (secondary N) is 5. The molecule has 0 radical (unpaired) electrons. The van der Waals surface area contributed by atoms with Gasteiger partial charge in [0.05, 0.1) is 11.7 Å². The van der Waals surface area contributed by atoms with Gasteiger partial charge in [-0.1, -0.05) is 0 Å². The molecule has 3 aromatic rings. The van der Waals surface area contributed by atoms with Gasteiger partial charge >= 0.3 is 6.03 Å². The Kier molecular flexibility index (Phi) is 5.70. The highest BCUT2D eigenvalue weighted by Gasteiger charge is 2.31. The zero-order valence-corrected chi connectivity index (χ0v) is 20.9. The van der Waals surface area contributed by atoms with Crippen molar-refractivity contribution in [3.05, 3.63) is 41.5 Å². The van der Waals surface area contributed by atoms with E-state index in [1.54, 1.807) is 6.20 Å². The van der Waals surface area contributed by atoms with Crippen molar-refractivity contribution in [2.24, 2.45) is 0 Å². The smallest absolute Gasteiger partial charge is 0.315 e. The molecule has 194 valence electrons. The van der Waals surface area contributed by atoms with Crippen molar-refractivity contribution < 1.29 is 4.79 Å². The normalized spacial score (nSPS) is 24.9. The molecule has 0 bridgehead atoms. The summed E-state index contributed by atoms with van der Waals surface area (Å²) in [5.41, 5.74) is 3.63. The Balaban J connectivity index is 0.848. The van der Waals surface area contributed by atoms with Crippen LogP contribution in [0.25, 0.3) is 0 Å². The molecule has 2 amide bonds. The number of carbonyl (C=O) groups excluding carboxylic acids is 1. The molecule has 11 nitrogen and oxygen atoms in total. The van der Waals surface area contributed by atoms with Crippen LogP contribution in [0, 0.1) is 0 Å². The van der Waals surface area contributed by atoms with Crippen LogP contribution < -0.4 is 21.3 Å². The summed E-state index contributed by atoms with van der Waals surface area (Å²) in [4.78, 5) is 21.6. The number of aromatic amines is 1. The summed E-state index contributed by atoms with van der Waals surface area (Å²) in [5.74, 6) is 2.74. The van der Waals surface area contributed by atoms with Gasteiger partial charge < -0.3 is 21.3 Å². The molecule has 0 spiro atoms. The van der Waals surface area contributed by atoms with Crippen molar-refractivity contribution in [1.82, 2.24) is 40.6 Å². The molecule has 3 heterocycles. The van der Waals surface area contributed by atoms with E-state index < -0.39 is 0 Å². The van der Waals surface area contributed by atoms with Crippen LogP contribution in [0.3, 0.4) is 0 Å². The predicted molar refractivity (Wildman–Crippen MR) is 139 cm³/mol. The van der Waals surface area contributed by atoms with Crippen LogP contribution in [0.15, 0.2) is 24.5 Å². The summed E-state index contributed by atoms with van der Waals surface area (Å²) in [6.45, 7) is 0. The van der Waals surface area contributed by atoms with E-state index in [4.69, 9.17) is 5.10 Å². The molecule has 11 heteroatoms. The molecule has 3 fully saturated rings. The highest BCUT2D eigenvalue weighted by Crippen LogP contribution is 2.39. The first-order chi connectivity index (χ1) is 18.1. The average Bonchev–Trinajstić information content (AvgIpc) is 3.80. The number of nitrogens with zero attached hydrogens (tertiary/aromatic N) is 5. The van der Waals surface area contributed by atoms with Crippen LogP contribution in [0.1, 0.15) is 80.3 Å². The van der Waals surface area contributed by atoms with Crippen molar-refractivity contribution in [2.45, 2.75) is 94.3 Å². The van der Waals surface area contributed by atoms with Gasteiger partial charge in [0.25, 0.3) is 0 Å². The van der Waals surface area contributed by atoms with Gasteiger partial charge in [-0.05, 0) is 69.4 Å². The quantitative estimate of drug-likeness (QED) is 0.318. The van der Waals surface area contributed by atoms with Gasteiger partial charge in [-0.3, -0.25) is 9.78 Å². The van der Waals surface area contributed by atoms with E-state index in [-0.39, 0.29) is 24.2 Å². The van der Waals surface area contributed by atoms with Crippen molar-refractivity contribution in [3.8, 4) is 0 Å². The number of aromatic nitrogens is 6. The molecule has 3 aromatic heterocycles. The van der Waals surface area contributed by atoms with Crippen LogP contribution in [0.5, 0.6) is 0 Å². The first kappa shape index (κ1) is 22.6. The predicted octanol–water partition coefficient (Wildman–Crippen LogP) is 3.54. The fourth-order valence-corrected chi connectivity index (χ4v) is 5.62. The van der Waals surface area contributed by atoms with Crippen molar-refractivity contribution in [3.63, 3.8) is 0 Å². The zero-order chi connectivity index (χ0) is 24.8. The number of anilines is 3. The second kappa shape index (κ2) is 9.35. The van der Waals surface area contributed by atoms with Crippen LogP contribution in [0.4, 0.5) is 22.4 Å². The van der Waals surface area contributed by atoms with E-state index in [2.05, 4.69) is 58.4 Å². The zero-order valence-electron chi connectivity index (χ0n) is 20.9. The van der Waals surface area contributed by atoms with Crippen LogP contribution >= 0.6 is 0 Å². The minimum Gasteiger partial charge on any atom is -0.351 e. The number of H-pyrrole nitrogens is 1. The molecule has 1 atom stereocenters. The third-order valence-electron chi connectivity index (χ3n) is 7.98. The number of urea groups is 1. The summed E-state index contributed by atoms with van der Waals surface area (Å²) in [6, 6.07) is 5.07. The number of fused-ring (bicyclic) bond motifs is 1. The molecule has 1 unspecified atom stereocenters. The van der Waals surface area contributed by atoms with Crippen LogP contribution in [-0.2, 0) is 12.8 Å². The summed E-state index contributed by atoms with van der Waals surface area (Å²) in [7, 11) is 0. The van der Waals surface area contributed by atoms with E-state index in [9.17, 15) is 4.79 Å². The Hall–Kier alpha value is -3.63. The SMILES string of the molecule is O=C(NC1Cc2cn(C3CC3)nc2C1)N[C@H]1CC[C@H](Nc2nccc(Nc3cc(C4CC4)[nH]n3)n2)CC1. The second-order valence-corrected chi connectivity index (χ2v) is 11.1. The summed E-state index contributed by atoms with van der Waals surface area (Å²) < 4.78 is 2.12. The maximum absolute atomic E-state index is 12.6. The van der Waals surface area contributed by atoms with Gasteiger partial charge in [0.2, 0.25) is 5.95 Å². The van der Waals surface area contributed by atoms with Crippen molar-refractivity contribution in [1.29, 1.82) is 0 Å². The number of hydrogen-bond acceptors (Lipinski definition) is 7. The fourth-order valence-electron chi connectivity index (χ4n) is 5.62. The van der Waals surface area contributed by atoms with Crippen LogP contribution in [0.2, 0.25) is 0 Å². The van der Waals surface area contributed by atoms with Gasteiger partial charge in [-0.2, -0.15) is 15.2 Å². The maximum atomic E-state index is 12.6. The van der Waals surface area contributed by atoms with E-state index >= 15 is 0 Å². The highest BCUT2D eigenvalue weighted by atomic mass is 16.2. The average molecular weight is 503 g/mol. The van der Waals surface area contributed by atoms with E-state index in [1.165, 1.54) is 36.9 Å². The minimum absolute atomic E-state index is 0.0630. The summed E-state index contributed by atoms with van der Waals surface area (Å²) in [6.07, 6.45) is 14.4. The van der Waals surface area contributed by atoms with Gasteiger partial charge in [0, 0.05) is 54.6 Å². The lowest BCUT2D eigenvalue weighted by atomic mass is 9.91. The lowest BCUT2D eigenvalue weighted by Crippen LogP contribution is -2.48. The largest absolute Gasteiger partial charge is 0.351 e. The molecule has 3 saturated carbocycles. The third kappa shape index (κ3) is 5.26. The minimum atomic E-state index is -0.0630. The lowest BCUT2D eigenvalue weighted by molar-refractivity contribution is 0.228. The van der Waals surface area contributed by atoms with E-state index in [1.807, 2.05) is 6.07 Å².